The van der Waals surface area contributed by atoms with Gasteiger partial charge in [0.25, 0.3) is 0 Å². The zero-order valence-corrected chi connectivity index (χ0v) is 6.98. The second-order valence-electron chi connectivity index (χ2n) is 2.41. The van der Waals surface area contributed by atoms with Crippen molar-refractivity contribution in [2.45, 2.75) is 13.3 Å². The predicted molar refractivity (Wildman–Crippen MR) is 44.0 cm³/mol. The zero-order chi connectivity index (χ0) is 7.98. The molecule has 1 N–H and O–H groups in total. The van der Waals surface area contributed by atoms with Gasteiger partial charge in [-0.05, 0) is 20.0 Å². The molecule has 0 radical (unpaired) electrons. The average Bonchev–Trinajstić information content (AvgIpc) is 1.88. The third-order valence-corrected chi connectivity index (χ3v) is 1.30. The smallest absolute Gasteiger partial charge is 0.233 e. The van der Waals surface area contributed by atoms with Crippen LogP contribution in [0.25, 0.3) is 0 Å². The minimum Gasteiger partial charge on any atom is -0.358 e. The number of amides is 1. The van der Waals surface area contributed by atoms with E-state index in [9.17, 15) is 4.79 Å². The van der Waals surface area contributed by atoms with Crippen LogP contribution in [0.5, 0.6) is 0 Å². The van der Waals surface area contributed by atoms with Gasteiger partial charge in [0.2, 0.25) is 5.91 Å². The molecule has 3 heteroatoms. The number of rotatable bonds is 4. The summed E-state index contributed by atoms with van der Waals surface area (Å²) in [4.78, 5) is 12.7. The lowest BCUT2D eigenvalue weighted by molar-refractivity contribution is -0.121. The number of nitrogens with zero attached hydrogens (tertiary/aromatic N) is 1. The Labute approximate surface area is 63.9 Å². The Balaban J connectivity index is 0. The summed E-state index contributed by atoms with van der Waals surface area (Å²) in [5, 5.41) is 2.57. The summed E-state index contributed by atoms with van der Waals surface area (Å²) in [5.74, 6) is 0.0796. The molecular weight excluding hydrogens is 128 g/mol. The number of hydrogen-bond acceptors (Lipinski definition) is 2. The van der Waals surface area contributed by atoms with Gasteiger partial charge in [0.15, 0.2) is 0 Å². The van der Waals surface area contributed by atoms with Crippen LogP contribution in [0.3, 0.4) is 0 Å². The molecule has 0 atom stereocenters. The van der Waals surface area contributed by atoms with Crippen molar-refractivity contribution in [2.75, 3.05) is 27.2 Å². The molecule has 0 aliphatic heterocycles. The van der Waals surface area contributed by atoms with E-state index in [1.807, 2.05) is 11.9 Å². The van der Waals surface area contributed by atoms with E-state index in [1.165, 1.54) is 0 Å². The van der Waals surface area contributed by atoms with Crippen molar-refractivity contribution >= 4 is 5.91 Å². The maximum atomic E-state index is 10.7. The van der Waals surface area contributed by atoms with Gasteiger partial charge in [0.1, 0.15) is 0 Å². The topological polar surface area (TPSA) is 32.3 Å². The highest BCUT2D eigenvalue weighted by Crippen LogP contribution is 1.84. The lowest BCUT2D eigenvalue weighted by Crippen LogP contribution is -2.33. The van der Waals surface area contributed by atoms with Gasteiger partial charge in [-0.2, -0.15) is 0 Å². The first-order valence-corrected chi connectivity index (χ1v) is 3.59. The van der Waals surface area contributed by atoms with Crippen LogP contribution in [-0.4, -0.2) is 38.0 Å². The van der Waals surface area contributed by atoms with Crippen LogP contribution in [-0.2, 0) is 4.79 Å². The normalized spacial score (nSPS) is 10.0. The molecule has 10 heavy (non-hydrogen) atoms. The summed E-state index contributed by atoms with van der Waals surface area (Å²) >= 11 is 0. The third-order valence-electron chi connectivity index (χ3n) is 1.30. The van der Waals surface area contributed by atoms with E-state index in [2.05, 4.69) is 12.2 Å². The average molecular weight is 146 g/mol. The van der Waals surface area contributed by atoms with Gasteiger partial charge >= 0.3 is 0 Å². The molecule has 62 valence electrons. The summed E-state index contributed by atoms with van der Waals surface area (Å²) in [5.41, 5.74) is 0. The Morgan fingerprint density at radius 2 is 2.30 bits per heavy atom. The maximum absolute atomic E-state index is 10.7. The number of likely N-dealkylation sites (N-methyl/N-ethyl adjacent to an activating group) is 2. The van der Waals surface area contributed by atoms with E-state index in [-0.39, 0.29) is 7.33 Å². The van der Waals surface area contributed by atoms with Crippen LogP contribution in [0.1, 0.15) is 14.8 Å². The Hall–Kier alpha value is -0.570. The van der Waals surface area contributed by atoms with E-state index >= 15 is 0 Å². The quantitative estimate of drug-likeness (QED) is 0.619. The molecule has 0 aliphatic rings. The molecule has 0 rings (SSSR count). The fraction of sp³-hybridized carbons (Fsp3) is 0.857. The molecule has 0 aromatic heterocycles. The largest absolute Gasteiger partial charge is 0.358 e. The summed E-state index contributed by atoms with van der Waals surface area (Å²) in [6, 6.07) is 0. The Morgan fingerprint density at radius 1 is 1.70 bits per heavy atom. The first-order chi connectivity index (χ1) is 4.70. The fourth-order valence-corrected chi connectivity index (χ4v) is 0.785. The molecular formula is C7H18N2O. The second kappa shape index (κ2) is 5.23. The molecule has 1 amide bonds. The van der Waals surface area contributed by atoms with E-state index < -0.39 is 0 Å². The number of carbonyl (C=O) groups is 1. The minimum absolute atomic E-state index is 0. The van der Waals surface area contributed by atoms with Crippen molar-refractivity contribution in [3.63, 3.8) is 0 Å². The minimum atomic E-state index is 0. The Morgan fingerprint density at radius 3 is 2.70 bits per heavy atom. The van der Waals surface area contributed by atoms with Crippen molar-refractivity contribution in [3.05, 3.63) is 0 Å². The Bertz CT molecular complexity index is 109. The van der Waals surface area contributed by atoms with Crippen molar-refractivity contribution in [3.8, 4) is 0 Å². The SMILES string of the molecule is CCCN(C)CC(=O)NC.[HH]. The molecule has 0 spiro atoms. The van der Waals surface area contributed by atoms with Crippen LogP contribution >= 0.6 is 0 Å². The van der Waals surface area contributed by atoms with Gasteiger partial charge < -0.3 is 5.32 Å². The number of hydrogen-bond donors (Lipinski definition) is 1. The van der Waals surface area contributed by atoms with Gasteiger partial charge in [-0.1, -0.05) is 6.92 Å². The van der Waals surface area contributed by atoms with Gasteiger partial charge in [0, 0.05) is 8.47 Å². The molecule has 0 saturated carbocycles. The van der Waals surface area contributed by atoms with Gasteiger partial charge in [-0.15, -0.1) is 0 Å². The van der Waals surface area contributed by atoms with Crippen molar-refractivity contribution < 1.29 is 6.22 Å². The van der Waals surface area contributed by atoms with E-state index in [0.717, 1.165) is 13.0 Å². The zero-order valence-electron chi connectivity index (χ0n) is 6.98. The standard InChI is InChI=1S/C7H16N2O.H2/c1-4-5-9(3)6-7(10)8-2;/h4-6H2,1-3H3,(H,8,10);1H. The summed E-state index contributed by atoms with van der Waals surface area (Å²) in [7, 11) is 3.60. The first kappa shape index (κ1) is 9.43. The van der Waals surface area contributed by atoms with E-state index in [1.54, 1.807) is 7.05 Å². The van der Waals surface area contributed by atoms with Crippen LogP contribution < -0.4 is 5.32 Å². The van der Waals surface area contributed by atoms with Crippen molar-refractivity contribution in [1.82, 2.24) is 10.2 Å². The molecule has 0 aliphatic carbocycles. The molecule has 3 nitrogen and oxygen atoms in total. The summed E-state index contributed by atoms with van der Waals surface area (Å²) < 4.78 is 0. The van der Waals surface area contributed by atoms with Gasteiger partial charge in [0.05, 0.1) is 6.54 Å². The van der Waals surface area contributed by atoms with Crippen molar-refractivity contribution in [1.29, 1.82) is 0 Å². The molecule has 0 heterocycles. The fourth-order valence-electron chi connectivity index (χ4n) is 0.785. The molecule has 0 aromatic rings. The lowest BCUT2D eigenvalue weighted by Gasteiger charge is -2.13. The lowest BCUT2D eigenvalue weighted by atomic mass is 10.4. The van der Waals surface area contributed by atoms with Crippen LogP contribution in [0.2, 0.25) is 0 Å². The van der Waals surface area contributed by atoms with Gasteiger partial charge in [-0.25, -0.2) is 0 Å². The highest BCUT2D eigenvalue weighted by Gasteiger charge is 2.01. The van der Waals surface area contributed by atoms with Crippen molar-refractivity contribution in [2.24, 2.45) is 0 Å². The molecule has 0 unspecified atom stereocenters. The number of carbonyl (C=O) groups excluding carboxylic acids is 1. The van der Waals surface area contributed by atoms with Crippen LogP contribution in [0, 0.1) is 0 Å². The van der Waals surface area contributed by atoms with Crippen LogP contribution in [0.15, 0.2) is 0 Å². The van der Waals surface area contributed by atoms with E-state index in [0.29, 0.717) is 6.54 Å². The van der Waals surface area contributed by atoms with Gasteiger partial charge in [-0.3, -0.25) is 9.69 Å². The molecule has 0 saturated heterocycles. The second-order valence-corrected chi connectivity index (χ2v) is 2.41. The van der Waals surface area contributed by atoms with E-state index in [4.69, 9.17) is 0 Å². The highest BCUT2D eigenvalue weighted by molar-refractivity contribution is 5.77. The highest BCUT2D eigenvalue weighted by atomic mass is 16.1. The third kappa shape index (κ3) is 4.32. The summed E-state index contributed by atoms with van der Waals surface area (Å²) in [6.45, 7) is 3.58. The molecule has 0 fully saturated rings. The summed E-state index contributed by atoms with van der Waals surface area (Å²) in [6.07, 6.45) is 1.09. The molecule has 0 bridgehead atoms. The first-order valence-electron chi connectivity index (χ1n) is 3.59. The monoisotopic (exact) mass is 146 g/mol. The maximum Gasteiger partial charge on any atom is 0.233 e. The van der Waals surface area contributed by atoms with Crippen LogP contribution in [0.4, 0.5) is 0 Å². The Kier molecular flexibility index (Phi) is 4.94. The molecule has 0 aromatic carbocycles. The number of nitrogens with one attached hydrogen (secondary N) is 1. The predicted octanol–water partition coefficient (Wildman–Crippen LogP) is 0.320.